The zero-order chi connectivity index (χ0) is 13.0. The summed E-state index contributed by atoms with van der Waals surface area (Å²) in [5, 5.41) is 7.72. The van der Waals surface area contributed by atoms with Crippen molar-refractivity contribution >= 4 is 0 Å². The van der Waals surface area contributed by atoms with E-state index in [1.807, 2.05) is 23.9 Å². The highest BCUT2D eigenvalue weighted by Gasteiger charge is 2.10. The summed E-state index contributed by atoms with van der Waals surface area (Å²) in [4.78, 5) is 4.62. The number of rotatable bonds is 5. The topological polar surface area (TPSA) is 42.7 Å². The minimum Gasteiger partial charge on any atom is -0.313 e. The highest BCUT2D eigenvalue weighted by Crippen LogP contribution is 2.17. The minimum absolute atomic E-state index is 0.835. The molecule has 2 rings (SSSR count). The molecule has 0 atom stereocenters. The molecular weight excluding hydrogens is 224 g/mol. The third-order valence-corrected chi connectivity index (χ3v) is 2.90. The van der Waals surface area contributed by atoms with Gasteiger partial charge in [0.25, 0.3) is 0 Å². The van der Waals surface area contributed by atoms with Crippen molar-refractivity contribution in [3.05, 3.63) is 41.3 Å². The van der Waals surface area contributed by atoms with E-state index in [4.69, 9.17) is 0 Å². The largest absolute Gasteiger partial charge is 0.313 e. The van der Waals surface area contributed by atoms with Gasteiger partial charge in [-0.15, -0.1) is 0 Å². The number of hydrogen-bond donors (Lipinski definition) is 1. The maximum absolute atomic E-state index is 4.62. The molecule has 0 amide bonds. The SMILES string of the molecule is CCCNCc1c(C)cc(C)nc1-n1cccn1. The van der Waals surface area contributed by atoms with Gasteiger partial charge in [-0.05, 0) is 44.5 Å². The molecule has 2 aromatic rings. The number of nitrogens with zero attached hydrogens (tertiary/aromatic N) is 3. The first-order valence-electron chi connectivity index (χ1n) is 6.40. The van der Waals surface area contributed by atoms with Crippen molar-refractivity contribution in [1.29, 1.82) is 0 Å². The molecule has 0 saturated carbocycles. The Kier molecular flexibility index (Phi) is 4.10. The average Bonchev–Trinajstić information content (AvgIpc) is 2.85. The maximum Gasteiger partial charge on any atom is 0.158 e. The molecule has 4 heteroatoms. The van der Waals surface area contributed by atoms with E-state index < -0.39 is 0 Å². The molecule has 0 fully saturated rings. The minimum atomic E-state index is 0.835. The first-order chi connectivity index (χ1) is 8.72. The molecule has 0 bridgehead atoms. The van der Waals surface area contributed by atoms with Crippen molar-refractivity contribution in [2.75, 3.05) is 6.54 Å². The van der Waals surface area contributed by atoms with E-state index in [0.717, 1.165) is 31.0 Å². The summed E-state index contributed by atoms with van der Waals surface area (Å²) in [6.07, 6.45) is 4.85. The first kappa shape index (κ1) is 12.8. The van der Waals surface area contributed by atoms with E-state index in [9.17, 15) is 0 Å². The number of pyridine rings is 1. The highest BCUT2D eigenvalue weighted by atomic mass is 15.3. The summed E-state index contributed by atoms with van der Waals surface area (Å²) in [5.41, 5.74) is 3.51. The van der Waals surface area contributed by atoms with Crippen LogP contribution in [0.25, 0.3) is 5.82 Å². The van der Waals surface area contributed by atoms with Crippen LogP contribution in [0.5, 0.6) is 0 Å². The van der Waals surface area contributed by atoms with Crippen LogP contribution in [-0.4, -0.2) is 21.3 Å². The third-order valence-electron chi connectivity index (χ3n) is 2.90. The first-order valence-corrected chi connectivity index (χ1v) is 6.40. The van der Waals surface area contributed by atoms with Gasteiger partial charge in [0, 0.05) is 30.2 Å². The third kappa shape index (κ3) is 2.76. The van der Waals surface area contributed by atoms with Crippen molar-refractivity contribution < 1.29 is 0 Å². The maximum atomic E-state index is 4.62. The van der Waals surface area contributed by atoms with Gasteiger partial charge in [0.05, 0.1) is 0 Å². The number of nitrogens with one attached hydrogen (secondary N) is 1. The quantitative estimate of drug-likeness (QED) is 0.821. The molecule has 0 spiro atoms. The zero-order valence-electron chi connectivity index (χ0n) is 11.3. The van der Waals surface area contributed by atoms with E-state index in [2.05, 4.69) is 35.3 Å². The molecule has 96 valence electrons. The number of aryl methyl sites for hydroxylation is 2. The Balaban J connectivity index is 2.36. The molecule has 0 aromatic carbocycles. The molecule has 0 saturated heterocycles. The van der Waals surface area contributed by atoms with Crippen LogP contribution >= 0.6 is 0 Å². The lowest BCUT2D eigenvalue weighted by molar-refractivity contribution is 0.663. The molecule has 0 unspecified atom stereocenters. The van der Waals surface area contributed by atoms with E-state index in [-0.39, 0.29) is 0 Å². The van der Waals surface area contributed by atoms with Crippen LogP contribution in [0.4, 0.5) is 0 Å². The summed E-state index contributed by atoms with van der Waals surface area (Å²) >= 11 is 0. The van der Waals surface area contributed by atoms with Crippen molar-refractivity contribution in [2.24, 2.45) is 0 Å². The van der Waals surface area contributed by atoms with Crippen LogP contribution in [-0.2, 0) is 6.54 Å². The van der Waals surface area contributed by atoms with Crippen LogP contribution in [0.3, 0.4) is 0 Å². The monoisotopic (exact) mass is 244 g/mol. The van der Waals surface area contributed by atoms with Crippen molar-refractivity contribution in [2.45, 2.75) is 33.7 Å². The Labute approximate surface area is 108 Å². The number of hydrogen-bond acceptors (Lipinski definition) is 3. The molecule has 4 nitrogen and oxygen atoms in total. The van der Waals surface area contributed by atoms with Crippen LogP contribution in [0.2, 0.25) is 0 Å². The van der Waals surface area contributed by atoms with Gasteiger partial charge in [-0.2, -0.15) is 5.10 Å². The summed E-state index contributed by atoms with van der Waals surface area (Å²) in [6.45, 7) is 8.17. The predicted octanol–water partition coefficient (Wildman–Crippen LogP) is 2.38. The Bertz CT molecular complexity index is 503. The van der Waals surface area contributed by atoms with Gasteiger partial charge in [0.1, 0.15) is 0 Å². The predicted molar refractivity (Wildman–Crippen MR) is 72.8 cm³/mol. The lowest BCUT2D eigenvalue weighted by atomic mass is 10.1. The van der Waals surface area contributed by atoms with Gasteiger partial charge in [0.2, 0.25) is 0 Å². The van der Waals surface area contributed by atoms with Crippen LogP contribution in [0, 0.1) is 13.8 Å². The second-order valence-electron chi connectivity index (χ2n) is 4.51. The Morgan fingerprint density at radius 2 is 2.17 bits per heavy atom. The van der Waals surface area contributed by atoms with Crippen molar-refractivity contribution in [3.8, 4) is 5.82 Å². The summed E-state index contributed by atoms with van der Waals surface area (Å²) in [5.74, 6) is 0.932. The Morgan fingerprint density at radius 1 is 1.33 bits per heavy atom. The molecule has 18 heavy (non-hydrogen) atoms. The zero-order valence-corrected chi connectivity index (χ0v) is 11.3. The van der Waals surface area contributed by atoms with E-state index in [1.54, 1.807) is 6.20 Å². The molecule has 1 N–H and O–H groups in total. The Morgan fingerprint density at radius 3 is 2.83 bits per heavy atom. The average molecular weight is 244 g/mol. The molecule has 2 aromatic heterocycles. The van der Waals surface area contributed by atoms with Gasteiger partial charge in [-0.25, -0.2) is 9.67 Å². The fourth-order valence-corrected chi connectivity index (χ4v) is 2.04. The van der Waals surface area contributed by atoms with Crippen molar-refractivity contribution in [1.82, 2.24) is 20.1 Å². The molecule has 0 radical (unpaired) electrons. The standard InChI is InChI=1S/C14H20N4/c1-4-6-15-10-13-11(2)9-12(3)17-14(13)18-8-5-7-16-18/h5,7-9,15H,4,6,10H2,1-3H3. The lowest BCUT2D eigenvalue weighted by Crippen LogP contribution is -2.18. The summed E-state index contributed by atoms with van der Waals surface area (Å²) in [7, 11) is 0. The van der Waals surface area contributed by atoms with Gasteiger partial charge < -0.3 is 5.32 Å². The summed E-state index contributed by atoms with van der Waals surface area (Å²) < 4.78 is 1.84. The second kappa shape index (κ2) is 5.78. The van der Waals surface area contributed by atoms with Crippen LogP contribution in [0.15, 0.2) is 24.5 Å². The second-order valence-corrected chi connectivity index (χ2v) is 4.51. The molecular formula is C14H20N4. The normalized spacial score (nSPS) is 10.8. The van der Waals surface area contributed by atoms with Gasteiger partial charge >= 0.3 is 0 Å². The van der Waals surface area contributed by atoms with Crippen LogP contribution < -0.4 is 5.32 Å². The van der Waals surface area contributed by atoms with Crippen molar-refractivity contribution in [3.63, 3.8) is 0 Å². The molecule has 0 aliphatic carbocycles. The molecule has 2 heterocycles. The fourth-order valence-electron chi connectivity index (χ4n) is 2.04. The molecule has 0 aliphatic rings. The van der Waals surface area contributed by atoms with Gasteiger partial charge in [-0.1, -0.05) is 6.92 Å². The highest BCUT2D eigenvalue weighted by molar-refractivity contribution is 5.40. The van der Waals surface area contributed by atoms with E-state index >= 15 is 0 Å². The summed E-state index contributed by atoms with van der Waals surface area (Å²) in [6, 6.07) is 4.04. The van der Waals surface area contributed by atoms with Gasteiger partial charge in [-0.3, -0.25) is 0 Å². The van der Waals surface area contributed by atoms with Crippen LogP contribution in [0.1, 0.15) is 30.2 Å². The lowest BCUT2D eigenvalue weighted by Gasteiger charge is -2.13. The molecule has 0 aliphatic heterocycles. The number of aromatic nitrogens is 3. The smallest absolute Gasteiger partial charge is 0.158 e. The van der Waals surface area contributed by atoms with E-state index in [0.29, 0.717) is 0 Å². The Hall–Kier alpha value is -1.68. The fraction of sp³-hybridized carbons (Fsp3) is 0.429. The van der Waals surface area contributed by atoms with Gasteiger partial charge in [0.15, 0.2) is 5.82 Å². The van der Waals surface area contributed by atoms with E-state index in [1.165, 1.54) is 11.1 Å².